The maximum absolute atomic E-state index is 12.6. The number of piperazine rings is 1. The number of hydrogen-bond acceptors (Lipinski definition) is 4. The molecule has 0 radical (unpaired) electrons. The lowest BCUT2D eigenvalue weighted by atomic mass is 9.97. The summed E-state index contributed by atoms with van der Waals surface area (Å²) in [5.41, 5.74) is 1.92. The molecule has 1 aromatic rings. The molecule has 0 N–H and O–H groups in total. The molecule has 142 valence electrons. The highest BCUT2D eigenvalue weighted by Gasteiger charge is 2.25. The fourth-order valence-electron chi connectivity index (χ4n) is 3.00. The Morgan fingerprint density at radius 1 is 1.00 bits per heavy atom. The van der Waals surface area contributed by atoms with Crippen LogP contribution in [0.15, 0.2) is 24.3 Å². The van der Waals surface area contributed by atoms with Gasteiger partial charge < -0.3 is 14.5 Å². The Hall–Kier alpha value is -2.37. The van der Waals surface area contributed by atoms with E-state index in [0.29, 0.717) is 37.7 Å². The van der Waals surface area contributed by atoms with Crippen LogP contribution in [0.25, 0.3) is 0 Å². The predicted octanol–water partition coefficient (Wildman–Crippen LogP) is 2.44. The zero-order chi connectivity index (χ0) is 19.1. The second-order valence-electron chi connectivity index (χ2n) is 6.68. The van der Waals surface area contributed by atoms with Crippen LogP contribution in [0, 0.1) is 0 Å². The number of carbonyl (C=O) groups is 3. The van der Waals surface area contributed by atoms with Gasteiger partial charge in [0.2, 0.25) is 5.91 Å². The van der Waals surface area contributed by atoms with Crippen molar-refractivity contribution in [2.75, 3.05) is 33.3 Å². The van der Waals surface area contributed by atoms with Crippen molar-refractivity contribution < 1.29 is 19.1 Å². The molecule has 1 aliphatic rings. The minimum atomic E-state index is -0.381. The summed E-state index contributed by atoms with van der Waals surface area (Å²) < 4.78 is 4.55. The molecule has 1 unspecified atom stereocenters. The number of nitrogens with zero attached hydrogens (tertiary/aromatic N) is 2. The first-order valence-electron chi connectivity index (χ1n) is 9.20. The van der Waals surface area contributed by atoms with E-state index in [0.717, 1.165) is 6.42 Å². The molecule has 1 fully saturated rings. The van der Waals surface area contributed by atoms with Crippen LogP contribution in [-0.4, -0.2) is 60.9 Å². The molecule has 0 spiro atoms. The Kier molecular flexibility index (Phi) is 7.18. The third kappa shape index (κ3) is 5.07. The van der Waals surface area contributed by atoms with E-state index in [1.54, 1.807) is 9.80 Å². The van der Waals surface area contributed by atoms with Crippen LogP contribution in [0.4, 0.5) is 0 Å². The van der Waals surface area contributed by atoms with Crippen LogP contribution in [0.2, 0.25) is 0 Å². The number of methoxy groups -OCH3 is 1. The summed E-state index contributed by atoms with van der Waals surface area (Å²) in [5, 5.41) is 0. The number of amides is 2. The molecule has 6 heteroatoms. The average molecular weight is 360 g/mol. The van der Waals surface area contributed by atoms with Crippen LogP contribution in [-0.2, 0) is 14.3 Å². The van der Waals surface area contributed by atoms with Crippen molar-refractivity contribution in [3.05, 3.63) is 35.4 Å². The van der Waals surface area contributed by atoms with Crippen molar-refractivity contribution in [2.24, 2.45) is 0 Å². The fourth-order valence-corrected chi connectivity index (χ4v) is 3.00. The number of benzene rings is 1. The molecule has 1 heterocycles. The highest BCUT2D eigenvalue weighted by atomic mass is 16.5. The third-order valence-corrected chi connectivity index (χ3v) is 5.03. The minimum absolute atomic E-state index is 0.00219. The Morgan fingerprint density at radius 2 is 1.58 bits per heavy atom. The van der Waals surface area contributed by atoms with Gasteiger partial charge >= 0.3 is 5.97 Å². The van der Waals surface area contributed by atoms with Gasteiger partial charge in [0.1, 0.15) is 0 Å². The Bertz CT molecular complexity index is 634. The Balaban J connectivity index is 1.86. The van der Waals surface area contributed by atoms with Crippen LogP contribution in [0.3, 0.4) is 0 Å². The van der Waals surface area contributed by atoms with Gasteiger partial charge in [-0.05, 0) is 30.0 Å². The molecular weight excluding hydrogens is 332 g/mol. The normalized spacial score (nSPS) is 15.5. The van der Waals surface area contributed by atoms with Gasteiger partial charge in [-0.2, -0.15) is 0 Å². The molecule has 0 aliphatic carbocycles. The second-order valence-corrected chi connectivity index (χ2v) is 6.68. The maximum Gasteiger partial charge on any atom is 0.306 e. The van der Waals surface area contributed by atoms with Crippen molar-refractivity contribution >= 4 is 17.8 Å². The summed E-state index contributed by atoms with van der Waals surface area (Å²) in [7, 11) is 1.31. The van der Waals surface area contributed by atoms with Crippen LogP contribution >= 0.6 is 0 Å². The summed E-state index contributed by atoms with van der Waals surface area (Å²) in [6.07, 6.45) is 1.31. The van der Waals surface area contributed by atoms with Gasteiger partial charge in [-0.3, -0.25) is 14.4 Å². The Morgan fingerprint density at radius 3 is 2.12 bits per heavy atom. The van der Waals surface area contributed by atoms with Crippen LogP contribution in [0.5, 0.6) is 0 Å². The van der Waals surface area contributed by atoms with E-state index in [1.165, 1.54) is 12.7 Å². The number of hydrogen-bond donors (Lipinski definition) is 0. The second kappa shape index (κ2) is 9.36. The lowest BCUT2D eigenvalue weighted by Gasteiger charge is -2.35. The largest absolute Gasteiger partial charge is 0.469 e. The zero-order valence-electron chi connectivity index (χ0n) is 15.9. The number of carbonyl (C=O) groups excluding carboxylic acids is 3. The molecule has 1 aliphatic heterocycles. The first-order chi connectivity index (χ1) is 12.5. The highest BCUT2D eigenvalue weighted by Crippen LogP contribution is 2.19. The van der Waals surface area contributed by atoms with E-state index in [4.69, 9.17) is 0 Å². The standard InChI is InChI=1S/C20H28N2O4/c1-4-15(2)16-5-7-17(8-6-16)20(25)22-13-11-21(12-14-22)18(23)9-10-19(24)26-3/h5-8,15H,4,9-14H2,1-3H3. The van der Waals surface area contributed by atoms with Crippen molar-refractivity contribution in [1.29, 1.82) is 0 Å². The van der Waals surface area contributed by atoms with Gasteiger partial charge in [-0.15, -0.1) is 0 Å². The summed E-state index contributed by atoms with van der Waals surface area (Å²) in [5.74, 6) is 0.0365. The van der Waals surface area contributed by atoms with Gasteiger partial charge in [-0.25, -0.2) is 0 Å². The van der Waals surface area contributed by atoms with Crippen molar-refractivity contribution in [3.8, 4) is 0 Å². The van der Waals surface area contributed by atoms with Crippen molar-refractivity contribution in [1.82, 2.24) is 9.80 Å². The predicted molar refractivity (Wildman–Crippen MR) is 98.9 cm³/mol. The minimum Gasteiger partial charge on any atom is -0.469 e. The zero-order valence-corrected chi connectivity index (χ0v) is 15.9. The van der Waals surface area contributed by atoms with Gasteiger partial charge in [0.25, 0.3) is 5.91 Å². The van der Waals surface area contributed by atoms with Crippen molar-refractivity contribution in [3.63, 3.8) is 0 Å². The fraction of sp³-hybridized carbons (Fsp3) is 0.550. The molecule has 1 saturated heterocycles. The maximum atomic E-state index is 12.6. The van der Waals surface area contributed by atoms with E-state index in [1.807, 2.05) is 24.3 Å². The van der Waals surface area contributed by atoms with Crippen LogP contribution < -0.4 is 0 Å². The number of rotatable bonds is 6. The summed E-state index contributed by atoms with van der Waals surface area (Å²) in [6, 6.07) is 7.82. The lowest BCUT2D eigenvalue weighted by Crippen LogP contribution is -2.50. The number of ether oxygens (including phenoxy) is 1. The SMILES string of the molecule is CCC(C)c1ccc(C(=O)N2CCN(C(=O)CCC(=O)OC)CC2)cc1. The summed E-state index contributed by atoms with van der Waals surface area (Å²) >= 11 is 0. The first-order valence-corrected chi connectivity index (χ1v) is 9.20. The quantitative estimate of drug-likeness (QED) is 0.731. The highest BCUT2D eigenvalue weighted by molar-refractivity contribution is 5.94. The topological polar surface area (TPSA) is 66.9 Å². The molecule has 1 atom stereocenters. The summed E-state index contributed by atoms with van der Waals surface area (Å²) in [6.45, 7) is 6.34. The molecule has 0 saturated carbocycles. The molecule has 0 bridgehead atoms. The van der Waals surface area contributed by atoms with Gasteiger partial charge in [0, 0.05) is 38.2 Å². The molecule has 0 aromatic heterocycles. The van der Waals surface area contributed by atoms with Gasteiger partial charge in [0.15, 0.2) is 0 Å². The first kappa shape index (κ1) is 19.9. The molecule has 26 heavy (non-hydrogen) atoms. The third-order valence-electron chi connectivity index (χ3n) is 5.03. The molecular formula is C20H28N2O4. The molecule has 1 aromatic carbocycles. The van der Waals surface area contributed by atoms with Gasteiger partial charge in [0.05, 0.1) is 13.5 Å². The monoisotopic (exact) mass is 360 g/mol. The molecule has 2 rings (SSSR count). The Labute approximate surface area is 155 Å². The summed E-state index contributed by atoms with van der Waals surface area (Å²) in [4.78, 5) is 39.4. The van der Waals surface area contributed by atoms with Crippen LogP contribution in [0.1, 0.15) is 54.9 Å². The number of esters is 1. The van der Waals surface area contributed by atoms with E-state index >= 15 is 0 Å². The lowest BCUT2D eigenvalue weighted by molar-refractivity contribution is -0.143. The van der Waals surface area contributed by atoms with Gasteiger partial charge in [-0.1, -0.05) is 26.0 Å². The van der Waals surface area contributed by atoms with E-state index < -0.39 is 0 Å². The smallest absolute Gasteiger partial charge is 0.306 e. The molecule has 6 nitrogen and oxygen atoms in total. The van der Waals surface area contributed by atoms with Crippen molar-refractivity contribution in [2.45, 2.75) is 39.0 Å². The van der Waals surface area contributed by atoms with E-state index in [2.05, 4.69) is 18.6 Å². The average Bonchev–Trinajstić information content (AvgIpc) is 2.70. The molecule has 2 amide bonds. The van der Waals surface area contributed by atoms with E-state index in [-0.39, 0.29) is 30.6 Å². The van der Waals surface area contributed by atoms with E-state index in [9.17, 15) is 14.4 Å².